The Bertz CT molecular complexity index is 468. The summed E-state index contributed by atoms with van der Waals surface area (Å²) in [6.45, 7) is 2.07. The molecule has 1 atom stereocenters. The van der Waals surface area contributed by atoms with Gasteiger partial charge in [-0.05, 0) is 24.1 Å². The minimum absolute atomic E-state index is 0.0539. The van der Waals surface area contributed by atoms with Crippen molar-refractivity contribution < 1.29 is 0 Å². The van der Waals surface area contributed by atoms with Crippen LogP contribution in [0, 0.1) is 0 Å². The Labute approximate surface area is 113 Å². The van der Waals surface area contributed by atoms with E-state index in [1.165, 1.54) is 10.5 Å². The number of thioether (sulfide) groups is 1. The van der Waals surface area contributed by atoms with Crippen molar-refractivity contribution in [2.45, 2.75) is 30.0 Å². The SMILES string of the molecule is CC[C@H](N)c1ccc(SCc2ccccc2)cn1. The van der Waals surface area contributed by atoms with Crippen molar-refractivity contribution in [3.05, 3.63) is 59.9 Å². The van der Waals surface area contributed by atoms with Crippen molar-refractivity contribution in [1.82, 2.24) is 4.98 Å². The van der Waals surface area contributed by atoms with E-state index in [1.54, 1.807) is 11.8 Å². The van der Waals surface area contributed by atoms with Crippen molar-refractivity contribution in [2.24, 2.45) is 5.73 Å². The quantitative estimate of drug-likeness (QED) is 0.829. The summed E-state index contributed by atoms with van der Waals surface area (Å²) in [7, 11) is 0. The van der Waals surface area contributed by atoms with E-state index < -0.39 is 0 Å². The lowest BCUT2D eigenvalue weighted by Gasteiger charge is -2.08. The number of nitrogens with zero attached hydrogens (tertiary/aromatic N) is 1. The van der Waals surface area contributed by atoms with E-state index in [-0.39, 0.29) is 6.04 Å². The zero-order chi connectivity index (χ0) is 12.8. The molecular weight excluding hydrogens is 240 g/mol. The number of pyridine rings is 1. The van der Waals surface area contributed by atoms with Crippen LogP contribution in [0.15, 0.2) is 53.6 Å². The summed E-state index contributed by atoms with van der Waals surface area (Å²) in [4.78, 5) is 5.60. The molecule has 0 saturated heterocycles. The van der Waals surface area contributed by atoms with Crippen molar-refractivity contribution in [3.8, 4) is 0 Å². The molecule has 2 N–H and O–H groups in total. The first-order chi connectivity index (χ1) is 8.79. The van der Waals surface area contributed by atoms with Crippen LogP contribution in [-0.2, 0) is 5.75 Å². The third-order valence-electron chi connectivity index (χ3n) is 2.83. The van der Waals surface area contributed by atoms with Gasteiger partial charge in [0.2, 0.25) is 0 Å². The Morgan fingerprint density at radius 2 is 1.94 bits per heavy atom. The van der Waals surface area contributed by atoms with Gasteiger partial charge in [-0.3, -0.25) is 4.98 Å². The molecule has 0 aliphatic rings. The van der Waals surface area contributed by atoms with Crippen molar-refractivity contribution in [1.29, 1.82) is 0 Å². The van der Waals surface area contributed by atoms with Crippen LogP contribution in [0.5, 0.6) is 0 Å². The third-order valence-corrected chi connectivity index (χ3v) is 3.88. The molecule has 0 aliphatic heterocycles. The molecule has 1 aromatic heterocycles. The van der Waals surface area contributed by atoms with Gasteiger partial charge in [0.15, 0.2) is 0 Å². The predicted octanol–water partition coefficient (Wildman–Crippen LogP) is 3.78. The van der Waals surface area contributed by atoms with Gasteiger partial charge in [0.25, 0.3) is 0 Å². The van der Waals surface area contributed by atoms with Crippen molar-refractivity contribution in [3.63, 3.8) is 0 Å². The van der Waals surface area contributed by atoms with Crippen LogP contribution >= 0.6 is 11.8 Å². The molecule has 94 valence electrons. The molecule has 2 nitrogen and oxygen atoms in total. The Kier molecular flexibility index (Phi) is 4.79. The lowest BCUT2D eigenvalue weighted by atomic mass is 10.1. The van der Waals surface area contributed by atoms with E-state index in [9.17, 15) is 0 Å². The number of hydrogen-bond donors (Lipinski definition) is 1. The first-order valence-corrected chi connectivity index (χ1v) is 7.16. The summed E-state index contributed by atoms with van der Waals surface area (Å²) in [5.41, 5.74) is 8.24. The summed E-state index contributed by atoms with van der Waals surface area (Å²) >= 11 is 1.80. The number of rotatable bonds is 5. The second kappa shape index (κ2) is 6.57. The highest BCUT2D eigenvalue weighted by Crippen LogP contribution is 2.23. The maximum Gasteiger partial charge on any atom is 0.0571 e. The van der Waals surface area contributed by atoms with Gasteiger partial charge in [0.05, 0.1) is 5.69 Å². The normalized spacial score (nSPS) is 12.3. The highest BCUT2D eigenvalue weighted by Gasteiger charge is 2.04. The van der Waals surface area contributed by atoms with Gasteiger partial charge in [0, 0.05) is 22.9 Å². The van der Waals surface area contributed by atoms with E-state index in [0.29, 0.717) is 0 Å². The molecule has 1 heterocycles. The van der Waals surface area contributed by atoms with Crippen LogP contribution in [0.3, 0.4) is 0 Å². The molecule has 18 heavy (non-hydrogen) atoms. The standard InChI is InChI=1S/C15H18N2S/c1-2-14(16)15-9-8-13(10-17-15)18-11-12-6-4-3-5-7-12/h3-10,14H,2,11,16H2,1H3/t14-/m0/s1. The maximum absolute atomic E-state index is 5.94. The van der Waals surface area contributed by atoms with Gasteiger partial charge in [-0.25, -0.2) is 0 Å². The fourth-order valence-electron chi connectivity index (χ4n) is 1.65. The van der Waals surface area contributed by atoms with Crippen LogP contribution in [-0.4, -0.2) is 4.98 Å². The molecule has 0 saturated carbocycles. The summed E-state index contributed by atoms with van der Waals surface area (Å²) in [5.74, 6) is 0.974. The Hall–Kier alpha value is -1.32. The molecule has 0 aliphatic carbocycles. The summed E-state index contributed by atoms with van der Waals surface area (Å²) in [6.07, 6.45) is 2.84. The van der Waals surface area contributed by atoms with Crippen LogP contribution in [0.4, 0.5) is 0 Å². The minimum atomic E-state index is 0.0539. The van der Waals surface area contributed by atoms with E-state index in [0.717, 1.165) is 17.9 Å². The Balaban J connectivity index is 1.94. The second-order valence-corrected chi connectivity index (χ2v) is 5.26. The Morgan fingerprint density at radius 3 is 2.56 bits per heavy atom. The van der Waals surface area contributed by atoms with E-state index in [2.05, 4.69) is 42.2 Å². The van der Waals surface area contributed by atoms with Crippen molar-refractivity contribution >= 4 is 11.8 Å². The highest BCUT2D eigenvalue weighted by atomic mass is 32.2. The molecule has 2 rings (SSSR count). The van der Waals surface area contributed by atoms with Gasteiger partial charge >= 0.3 is 0 Å². The topological polar surface area (TPSA) is 38.9 Å². The fraction of sp³-hybridized carbons (Fsp3) is 0.267. The van der Waals surface area contributed by atoms with Crippen LogP contribution in [0.2, 0.25) is 0 Å². The van der Waals surface area contributed by atoms with Gasteiger partial charge in [0.1, 0.15) is 0 Å². The lowest BCUT2D eigenvalue weighted by Crippen LogP contribution is -2.10. The summed E-state index contributed by atoms with van der Waals surface area (Å²) in [5, 5.41) is 0. The minimum Gasteiger partial charge on any atom is -0.323 e. The van der Waals surface area contributed by atoms with Crippen LogP contribution in [0.1, 0.15) is 30.6 Å². The number of nitrogens with two attached hydrogens (primary N) is 1. The molecule has 1 aromatic carbocycles. The van der Waals surface area contributed by atoms with Gasteiger partial charge in [-0.15, -0.1) is 11.8 Å². The summed E-state index contributed by atoms with van der Waals surface area (Å²) in [6, 6.07) is 14.6. The average Bonchev–Trinajstić information content (AvgIpc) is 2.46. The molecule has 3 heteroatoms. The summed E-state index contributed by atoms with van der Waals surface area (Å²) < 4.78 is 0. The first-order valence-electron chi connectivity index (χ1n) is 6.18. The smallest absolute Gasteiger partial charge is 0.0571 e. The van der Waals surface area contributed by atoms with Crippen LogP contribution < -0.4 is 5.73 Å². The van der Waals surface area contributed by atoms with Crippen molar-refractivity contribution in [2.75, 3.05) is 0 Å². The lowest BCUT2D eigenvalue weighted by molar-refractivity contribution is 0.674. The van der Waals surface area contributed by atoms with E-state index in [1.807, 2.05) is 18.3 Å². The largest absolute Gasteiger partial charge is 0.323 e. The molecule has 0 spiro atoms. The zero-order valence-corrected chi connectivity index (χ0v) is 11.4. The molecule has 0 fully saturated rings. The molecule has 0 amide bonds. The zero-order valence-electron chi connectivity index (χ0n) is 10.5. The molecule has 2 aromatic rings. The number of benzene rings is 1. The molecule has 0 unspecified atom stereocenters. The second-order valence-electron chi connectivity index (χ2n) is 4.21. The van der Waals surface area contributed by atoms with Gasteiger partial charge < -0.3 is 5.73 Å². The van der Waals surface area contributed by atoms with Gasteiger partial charge in [-0.1, -0.05) is 37.3 Å². The highest BCUT2D eigenvalue weighted by molar-refractivity contribution is 7.98. The molecular formula is C15H18N2S. The maximum atomic E-state index is 5.94. The van der Waals surface area contributed by atoms with E-state index >= 15 is 0 Å². The third kappa shape index (κ3) is 3.59. The fourth-order valence-corrected chi connectivity index (χ4v) is 2.46. The first kappa shape index (κ1) is 13.1. The number of hydrogen-bond acceptors (Lipinski definition) is 3. The van der Waals surface area contributed by atoms with Gasteiger partial charge in [-0.2, -0.15) is 0 Å². The van der Waals surface area contributed by atoms with E-state index in [4.69, 9.17) is 5.73 Å². The Morgan fingerprint density at radius 1 is 1.17 bits per heavy atom. The predicted molar refractivity (Wildman–Crippen MR) is 77.5 cm³/mol. The molecule has 0 bridgehead atoms. The molecule has 0 radical (unpaired) electrons. The number of aromatic nitrogens is 1. The average molecular weight is 258 g/mol. The monoisotopic (exact) mass is 258 g/mol. The van der Waals surface area contributed by atoms with Crippen LogP contribution in [0.25, 0.3) is 0 Å².